The molecular formula is C31H26ClFN6O5. The maximum absolute atomic E-state index is 14.7. The van der Waals surface area contributed by atoms with Crippen molar-refractivity contribution in [3.05, 3.63) is 100 Å². The molecule has 6 rings (SSSR count). The lowest BCUT2D eigenvalue weighted by molar-refractivity contribution is -0.121. The fourth-order valence-electron chi connectivity index (χ4n) is 5.67. The van der Waals surface area contributed by atoms with Crippen LogP contribution < -0.4 is 10.2 Å². The van der Waals surface area contributed by atoms with E-state index < -0.39 is 29.6 Å². The molecule has 0 bridgehead atoms. The Balaban J connectivity index is 1.37. The Kier molecular flexibility index (Phi) is 7.83. The van der Waals surface area contributed by atoms with Crippen molar-refractivity contribution in [1.82, 2.24) is 19.9 Å². The monoisotopic (exact) mass is 616 g/mol. The van der Waals surface area contributed by atoms with E-state index in [2.05, 4.69) is 15.6 Å². The van der Waals surface area contributed by atoms with Gasteiger partial charge < -0.3 is 20.2 Å². The second kappa shape index (κ2) is 11.9. The Morgan fingerprint density at radius 2 is 1.70 bits per heavy atom. The summed E-state index contributed by atoms with van der Waals surface area (Å²) in [5.74, 6) is -2.97. The maximum Gasteiger partial charge on any atom is 0.335 e. The van der Waals surface area contributed by atoms with Gasteiger partial charge in [-0.25, -0.2) is 13.9 Å². The molecule has 3 amide bonds. The highest BCUT2D eigenvalue weighted by Gasteiger charge is 2.39. The smallest absolute Gasteiger partial charge is 0.335 e. The summed E-state index contributed by atoms with van der Waals surface area (Å²) in [6, 6.07) is 14.3. The molecule has 11 nitrogen and oxygen atoms in total. The lowest BCUT2D eigenvalue weighted by Gasteiger charge is -2.38. The third kappa shape index (κ3) is 5.39. The molecule has 0 spiro atoms. The van der Waals surface area contributed by atoms with Crippen molar-refractivity contribution >= 4 is 46.7 Å². The second-order valence-electron chi connectivity index (χ2n) is 10.5. The van der Waals surface area contributed by atoms with Gasteiger partial charge in [-0.15, -0.1) is 5.10 Å². The fourth-order valence-corrected chi connectivity index (χ4v) is 5.84. The molecule has 3 aromatic carbocycles. The first-order valence-electron chi connectivity index (χ1n) is 14.0. The van der Waals surface area contributed by atoms with Crippen LogP contribution in [-0.4, -0.2) is 61.8 Å². The SMILES string of the molecule is O=C(O)c1ccc(NC(=O)C2c3cccc(N4CCCCC4=O)c3CCN2C(=O)c2cn(-c3cccc(Cl)c3F)nn2)cc1. The van der Waals surface area contributed by atoms with E-state index in [0.29, 0.717) is 36.3 Å². The number of hydrogen-bond acceptors (Lipinski definition) is 6. The Labute approximate surface area is 255 Å². The number of carboxylic acids is 1. The number of carbonyl (C=O) groups excluding carboxylic acids is 3. The van der Waals surface area contributed by atoms with Gasteiger partial charge in [0, 0.05) is 30.9 Å². The molecule has 4 aromatic rings. The quantitative estimate of drug-likeness (QED) is 0.322. The predicted molar refractivity (Wildman–Crippen MR) is 158 cm³/mol. The van der Waals surface area contributed by atoms with Gasteiger partial charge in [0.2, 0.25) is 5.91 Å². The molecule has 224 valence electrons. The number of halogens is 2. The van der Waals surface area contributed by atoms with E-state index in [1.807, 2.05) is 6.07 Å². The number of benzene rings is 3. The number of nitrogens with zero attached hydrogens (tertiary/aromatic N) is 5. The zero-order valence-electron chi connectivity index (χ0n) is 23.2. The summed E-state index contributed by atoms with van der Waals surface area (Å²) in [5.41, 5.74) is 2.33. The molecule has 1 unspecified atom stereocenters. The minimum absolute atomic E-state index is 0.00276. The summed E-state index contributed by atoms with van der Waals surface area (Å²) in [6.07, 6.45) is 3.76. The average Bonchev–Trinajstić information content (AvgIpc) is 3.52. The third-order valence-corrected chi connectivity index (χ3v) is 8.10. The zero-order valence-corrected chi connectivity index (χ0v) is 24.0. The Bertz CT molecular complexity index is 1790. The van der Waals surface area contributed by atoms with E-state index >= 15 is 0 Å². The van der Waals surface area contributed by atoms with Gasteiger partial charge in [0.1, 0.15) is 11.7 Å². The van der Waals surface area contributed by atoms with Gasteiger partial charge in [-0.05, 0) is 72.9 Å². The lowest BCUT2D eigenvalue weighted by Crippen LogP contribution is -2.46. The first-order chi connectivity index (χ1) is 21.2. The molecule has 2 aliphatic heterocycles. The van der Waals surface area contributed by atoms with Crippen molar-refractivity contribution in [3.8, 4) is 5.69 Å². The summed E-state index contributed by atoms with van der Waals surface area (Å²) in [4.78, 5) is 55.1. The Morgan fingerprint density at radius 3 is 2.45 bits per heavy atom. The van der Waals surface area contributed by atoms with Crippen LogP contribution in [-0.2, 0) is 16.0 Å². The van der Waals surface area contributed by atoms with Crippen molar-refractivity contribution < 1.29 is 28.7 Å². The van der Waals surface area contributed by atoms with Crippen LogP contribution in [0.3, 0.4) is 0 Å². The summed E-state index contributed by atoms with van der Waals surface area (Å²) in [5, 5.41) is 19.8. The minimum atomic E-state index is -1.13. The molecule has 2 N–H and O–H groups in total. The number of carboxylic acid groups (broad SMARTS) is 1. The van der Waals surface area contributed by atoms with Crippen molar-refractivity contribution in [2.75, 3.05) is 23.3 Å². The van der Waals surface area contributed by atoms with Crippen LogP contribution in [0.2, 0.25) is 5.02 Å². The van der Waals surface area contributed by atoms with Crippen molar-refractivity contribution in [2.24, 2.45) is 0 Å². The van der Waals surface area contributed by atoms with Crippen molar-refractivity contribution in [1.29, 1.82) is 0 Å². The highest BCUT2D eigenvalue weighted by molar-refractivity contribution is 6.30. The molecule has 44 heavy (non-hydrogen) atoms. The van der Waals surface area contributed by atoms with Gasteiger partial charge in [0.15, 0.2) is 11.5 Å². The first kappa shape index (κ1) is 29.0. The van der Waals surface area contributed by atoms with Gasteiger partial charge in [-0.1, -0.05) is 35.0 Å². The number of aromatic nitrogens is 3. The van der Waals surface area contributed by atoms with E-state index in [4.69, 9.17) is 11.6 Å². The molecule has 3 heterocycles. The summed E-state index contributed by atoms with van der Waals surface area (Å²) in [7, 11) is 0. The number of nitrogens with one attached hydrogen (secondary N) is 1. The van der Waals surface area contributed by atoms with Crippen LogP contribution >= 0.6 is 11.6 Å². The molecule has 1 fully saturated rings. The number of hydrogen-bond donors (Lipinski definition) is 2. The van der Waals surface area contributed by atoms with E-state index in [-0.39, 0.29) is 34.4 Å². The number of carbonyl (C=O) groups is 4. The molecule has 0 radical (unpaired) electrons. The predicted octanol–water partition coefficient (Wildman–Crippen LogP) is 4.65. The number of piperidine rings is 1. The highest BCUT2D eigenvalue weighted by Crippen LogP contribution is 2.38. The van der Waals surface area contributed by atoms with Gasteiger partial charge in [-0.2, -0.15) is 0 Å². The fraction of sp³-hybridized carbons (Fsp3) is 0.226. The zero-order chi connectivity index (χ0) is 31.0. The van der Waals surface area contributed by atoms with Gasteiger partial charge in [-0.3, -0.25) is 14.4 Å². The van der Waals surface area contributed by atoms with Crippen molar-refractivity contribution in [3.63, 3.8) is 0 Å². The highest BCUT2D eigenvalue weighted by atomic mass is 35.5. The van der Waals surface area contributed by atoms with Crippen LogP contribution in [0.5, 0.6) is 0 Å². The molecule has 2 aliphatic rings. The van der Waals surface area contributed by atoms with E-state index in [9.17, 15) is 28.7 Å². The molecular weight excluding hydrogens is 591 g/mol. The van der Waals surface area contributed by atoms with Crippen molar-refractivity contribution in [2.45, 2.75) is 31.7 Å². The molecule has 1 aromatic heterocycles. The Morgan fingerprint density at radius 1 is 0.955 bits per heavy atom. The van der Waals surface area contributed by atoms with E-state index in [0.717, 1.165) is 23.1 Å². The summed E-state index contributed by atoms with van der Waals surface area (Å²) >= 11 is 5.92. The van der Waals surface area contributed by atoms with Gasteiger partial charge >= 0.3 is 5.97 Å². The molecule has 0 aliphatic carbocycles. The number of rotatable bonds is 6. The lowest BCUT2D eigenvalue weighted by atomic mass is 9.89. The summed E-state index contributed by atoms with van der Waals surface area (Å²) < 4.78 is 15.8. The average molecular weight is 617 g/mol. The largest absolute Gasteiger partial charge is 0.478 e. The van der Waals surface area contributed by atoms with E-state index in [1.54, 1.807) is 23.1 Å². The second-order valence-corrected chi connectivity index (χ2v) is 10.9. The standard InChI is InChI=1S/C31H26ClFN6O5/c32-22-6-4-8-25(27(22)33)39-17-23(35-36-39)30(42)38-16-14-20-21(5-3-7-24(20)37-15-2-1-9-26(37)40)28(38)29(41)34-19-12-10-18(11-13-19)31(43)44/h3-8,10-13,17,28H,1-2,9,14-16H2,(H,34,41)(H,43,44). The van der Waals surface area contributed by atoms with Crippen LogP contribution in [0.4, 0.5) is 15.8 Å². The van der Waals surface area contributed by atoms with Crippen LogP contribution in [0.25, 0.3) is 5.69 Å². The van der Waals surface area contributed by atoms with Gasteiger partial charge in [0.25, 0.3) is 11.8 Å². The Hall–Kier alpha value is -5.10. The number of fused-ring (bicyclic) bond motifs is 1. The molecule has 1 saturated heterocycles. The maximum atomic E-state index is 14.7. The third-order valence-electron chi connectivity index (χ3n) is 7.81. The van der Waals surface area contributed by atoms with E-state index in [1.165, 1.54) is 47.5 Å². The molecule has 13 heteroatoms. The first-order valence-corrected chi connectivity index (χ1v) is 14.3. The number of aromatic carboxylic acids is 1. The van der Waals surface area contributed by atoms with Crippen LogP contribution in [0.15, 0.2) is 66.9 Å². The normalized spacial score (nSPS) is 16.4. The van der Waals surface area contributed by atoms with Crippen LogP contribution in [0.1, 0.15) is 57.3 Å². The number of amides is 3. The molecule has 0 saturated carbocycles. The minimum Gasteiger partial charge on any atom is -0.478 e. The molecule has 1 atom stereocenters. The number of anilines is 2. The topological polar surface area (TPSA) is 138 Å². The van der Waals surface area contributed by atoms with Crippen LogP contribution in [0, 0.1) is 5.82 Å². The van der Waals surface area contributed by atoms with Gasteiger partial charge in [0.05, 0.1) is 16.8 Å². The summed E-state index contributed by atoms with van der Waals surface area (Å²) in [6.45, 7) is 0.688.